The minimum atomic E-state index is -0.391. The number of thiophene rings is 1. The van der Waals surface area contributed by atoms with E-state index in [1.165, 1.54) is 29.1 Å². The van der Waals surface area contributed by atoms with Gasteiger partial charge in [-0.15, -0.1) is 11.3 Å². The molecule has 0 radical (unpaired) electrons. The molecule has 0 bridgehead atoms. The van der Waals surface area contributed by atoms with Gasteiger partial charge in [0.25, 0.3) is 5.56 Å². The highest BCUT2D eigenvalue weighted by Gasteiger charge is 2.26. The van der Waals surface area contributed by atoms with Gasteiger partial charge in [0.2, 0.25) is 0 Å². The number of benzene rings is 1. The van der Waals surface area contributed by atoms with E-state index in [9.17, 15) is 14.0 Å². The molecule has 2 aromatic heterocycles. The van der Waals surface area contributed by atoms with Crippen LogP contribution in [0.15, 0.2) is 34.2 Å². The first-order chi connectivity index (χ1) is 13.0. The summed E-state index contributed by atoms with van der Waals surface area (Å²) in [5, 5.41) is 0.938. The molecule has 2 N–H and O–H groups in total. The number of ketones is 1. The number of hydrogen-bond donors (Lipinski definition) is 1. The van der Waals surface area contributed by atoms with Crippen LogP contribution in [0.25, 0.3) is 10.2 Å². The fourth-order valence-corrected chi connectivity index (χ4v) is 5.67. The molecule has 5 nitrogen and oxygen atoms in total. The molecule has 0 saturated heterocycles. The van der Waals surface area contributed by atoms with E-state index in [0.717, 1.165) is 41.3 Å². The van der Waals surface area contributed by atoms with Crippen LogP contribution < -0.4 is 11.4 Å². The highest BCUT2D eigenvalue weighted by atomic mass is 32.2. The Balaban J connectivity index is 1.65. The van der Waals surface area contributed by atoms with E-state index >= 15 is 0 Å². The lowest BCUT2D eigenvalue weighted by molar-refractivity contribution is 0.102. The van der Waals surface area contributed by atoms with Crippen LogP contribution >= 0.6 is 23.1 Å². The first-order valence-electron chi connectivity index (χ1n) is 8.70. The van der Waals surface area contributed by atoms with Gasteiger partial charge in [0, 0.05) is 10.4 Å². The summed E-state index contributed by atoms with van der Waals surface area (Å²) in [6, 6.07) is 5.38. The molecule has 1 aliphatic rings. The van der Waals surface area contributed by atoms with Crippen molar-refractivity contribution < 1.29 is 9.18 Å². The van der Waals surface area contributed by atoms with Crippen LogP contribution in [-0.4, -0.2) is 21.2 Å². The third kappa shape index (κ3) is 3.27. The van der Waals surface area contributed by atoms with Gasteiger partial charge in [-0.25, -0.2) is 14.1 Å². The minimum absolute atomic E-state index is 0.0717. The first kappa shape index (κ1) is 18.2. The zero-order chi connectivity index (χ0) is 19.1. The number of rotatable bonds is 4. The predicted octanol–water partition coefficient (Wildman–Crippen LogP) is 3.73. The Hall–Kier alpha value is -2.19. The molecular formula is C19H18FN3O2S2. The van der Waals surface area contributed by atoms with E-state index < -0.39 is 5.82 Å². The van der Waals surface area contributed by atoms with Gasteiger partial charge in [0.05, 0.1) is 11.1 Å². The molecule has 1 aromatic carbocycles. The fraction of sp³-hybridized carbons (Fsp3) is 0.316. The minimum Gasteiger partial charge on any atom is -0.334 e. The summed E-state index contributed by atoms with van der Waals surface area (Å²) in [4.78, 5) is 31.6. The van der Waals surface area contributed by atoms with Crippen LogP contribution in [0.5, 0.6) is 0 Å². The average molecular weight is 404 g/mol. The quantitative estimate of drug-likeness (QED) is 0.311. The Labute approximate surface area is 163 Å². The van der Waals surface area contributed by atoms with E-state index in [2.05, 4.69) is 11.9 Å². The summed E-state index contributed by atoms with van der Waals surface area (Å²) in [5.74, 6) is 5.83. The van der Waals surface area contributed by atoms with Gasteiger partial charge >= 0.3 is 0 Å². The van der Waals surface area contributed by atoms with Crippen molar-refractivity contribution >= 4 is 39.1 Å². The van der Waals surface area contributed by atoms with Crippen molar-refractivity contribution in [3.05, 3.63) is 56.4 Å². The Bertz CT molecular complexity index is 1090. The highest BCUT2D eigenvalue weighted by Crippen LogP contribution is 2.40. The lowest BCUT2D eigenvalue weighted by Crippen LogP contribution is -2.30. The molecule has 0 aliphatic heterocycles. The SMILES string of the molecule is C[C@H]1CCCc2sc3nc(SCC(=O)c4ccc(F)cc4)n(N)c(=O)c3c21. The van der Waals surface area contributed by atoms with Crippen molar-refractivity contribution in [1.82, 2.24) is 9.66 Å². The van der Waals surface area contributed by atoms with Crippen molar-refractivity contribution in [2.45, 2.75) is 37.3 Å². The van der Waals surface area contributed by atoms with Crippen molar-refractivity contribution in [1.29, 1.82) is 0 Å². The summed E-state index contributed by atoms with van der Waals surface area (Å²) in [6.45, 7) is 2.13. The van der Waals surface area contributed by atoms with E-state index in [1.807, 2.05) is 0 Å². The van der Waals surface area contributed by atoms with Gasteiger partial charge in [-0.2, -0.15) is 0 Å². The standard InChI is InChI=1S/C19H18FN3O2S2/c1-10-3-2-4-14-15(10)16-17(27-14)22-19(23(21)18(16)25)26-9-13(24)11-5-7-12(20)8-6-11/h5-8,10H,2-4,9,21H2,1H3/t10-/m0/s1. The molecule has 0 saturated carbocycles. The van der Waals surface area contributed by atoms with Crippen LogP contribution in [-0.2, 0) is 6.42 Å². The third-order valence-electron chi connectivity index (χ3n) is 4.87. The molecule has 0 unspecified atom stereocenters. The maximum absolute atomic E-state index is 13.0. The number of fused-ring (bicyclic) bond motifs is 3. The Morgan fingerprint density at radius 1 is 1.41 bits per heavy atom. The Kier molecular flexibility index (Phi) is 4.77. The van der Waals surface area contributed by atoms with Gasteiger partial charge in [-0.3, -0.25) is 9.59 Å². The van der Waals surface area contributed by atoms with Crippen molar-refractivity contribution in [3.63, 3.8) is 0 Å². The van der Waals surface area contributed by atoms with Crippen LogP contribution in [0.4, 0.5) is 4.39 Å². The Morgan fingerprint density at radius 2 is 2.15 bits per heavy atom. The second-order valence-corrected chi connectivity index (χ2v) is 8.73. The van der Waals surface area contributed by atoms with Gasteiger partial charge in [0.1, 0.15) is 10.6 Å². The lowest BCUT2D eigenvalue weighted by Gasteiger charge is -2.18. The second-order valence-electron chi connectivity index (χ2n) is 6.70. The predicted molar refractivity (Wildman–Crippen MR) is 107 cm³/mol. The largest absolute Gasteiger partial charge is 0.334 e. The number of carbonyl (C=O) groups excluding carboxylic acids is 1. The average Bonchev–Trinajstić information content (AvgIpc) is 3.03. The van der Waals surface area contributed by atoms with Gasteiger partial charge in [-0.05, 0) is 55.0 Å². The Morgan fingerprint density at radius 3 is 2.89 bits per heavy atom. The number of nitrogen functional groups attached to an aromatic ring is 1. The third-order valence-corrected chi connectivity index (χ3v) is 6.98. The molecule has 2 heterocycles. The summed E-state index contributed by atoms with van der Waals surface area (Å²) < 4.78 is 14.0. The number of hydrogen-bond acceptors (Lipinski definition) is 6. The smallest absolute Gasteiger partial charge is 0.281 e. The first-order valence-corrected chi connectivity index (χ1v) is 10.5. The van der Waals surface area contributed by atoms with Crippen molar-refractivity contribution in [2.75, 3.05) is 11.6 Å². The molecule has 0 spiro atoms. The summed E-state index contributed by atoms with van der Waals surface area (Å²) in [7, 11) is 0. The van der Waals surface area contributed by atoms with Gasteiger partial charge < -0.3 is 5.84 Å². The van der Waals surface area contributed by atoms with Gasteiger partial charge in [0.15, 0.2) is 10.9 Å². The molecule has 0 amide bonds. The van der Waals surface area contributed by atoms with E-state index in [4.69, 9.17) is 5.84 Å². The number of aromatic nitrogens is 2. The van der Waals surface area contributed by atoms with Crippen LogP contribution in [0.1, 0.15) is 46.5 Å². The molecule has 4 rings (SSSR count). The highest BCUT2D eigenvalue weighted by molar-refractivity contribution is 7.99. The molecule has 1 atom stereocenters. The number of halogens is 1. The zero-order valence-corrected chi connectivity index (χ0v) is 16.3. The van der Waals surface area contributed by atoms with Crippen molar-refractivity contribution in [3.8, 4) is 0 Å². The number of aryl methyl sites for hydroxylation is 1. The number of carbonyl (C=O) groups is 1. The van der Waals surface area contributed by atoms with Crippen LogP contribution in [0, 0.1) is 5.82 Å². The molecule has 3 aromatic rings. The van der Waals surface area contributed by atoms with E-state index in [1.54, 1.807) is 11.3 Å². The second kappa shape index (κ2) is 7.09. The number of Topliss-reactive ketones (excluding diaryl/α,β-unsaturated/α-hetero) is 1. The molecule has 0 fully saturated rings. The lowest BCUT2D eigenvalue weighted by atomic mass is 9.88. The molecule has 1 aliphatic carbocycles. The molecule has 27 heavy (non-hydrogen) atoms. The zero-order valence-electron chi connectivity index (χ0n) is 14.7. The summed E-state index contributed by atoms with van der Waals surface area (Å²) in [5.41, 5.74) is 1.25. The maximum Gasteiger partial charge on any atom is 0.281 e. The fourth-order valence-electron chi connectivity index (χ4n) is 3.48. The van der Waals surface area contributed by atoms with E-state index in [0.29, 0.717) is 26.9 Å². The van der Waals surface area contributed by atoms with E-state index in [-0.39, 0.29) is 17.1 Å². The summed E-state index contributed by atoms with van der Waals surface area (Å²) >= 11 is 2.67. The monoisotopic (exact) mass is 403 g/mol. The van der Waals surface area contributed by atoms with Crippen molar-refractivity contribution in [2.24, 2.45) is 0 Å². The number of nitrogens with two attached hydrogens (primary N) is 1. The van der Waals surface area contributed by atoms with Gasteiger partial charge in [-0.1, -0.05) is 18.7 Å². The number of nitrogens with zero attached hydrogens (tertiary/aromatic N) is 2. The number of thioether (sulfide) groups is 1. The molecule has 140 valence electrons. The van der Waals surface area contributed by atoms with Crippen LogP contribution in [0.3, 0.4) is 0 Å². The summed E-state index contributed by atoms with van der Waals surface area (Å²) in [6.07, 6.45) is 3.15. The van der Waals surface area contributed by atoms with Crippen LogP contribution in [0.2, 0.25) is 0 Å². The molecular weight excluding hydrogens is 385 g/mol. The molecule has 8 heteroatoms. The topological polar surface area (TPSA) is 78.0 Å². The normalized spacial score (nSPS) is 16.4. The maximum atomic E-state index is 13.0.